The zero-order chi connectivity index (χ0) is 15.6. The van der Waals surface area contributed by atoms with Crippen LogP contribution in [0.25, 0.3) is 0 Å². The number of rotatable bonds is 2. The van der Waals surface area contributed by atoms with E-state index in [2.05, 4.69) is 11.8 Å². The van der Waals surface area contributed by atoms with Crippen molar-refractivity contribution in [3.63, 3.8) is 0 Å². The number of likely N-dealkylation sites (tertiary alicyclic amines) is 2. The maximum Gasteiger partial charge on any atom is 0.219 e. The Hall–Kier alpha value is -0.570. The Kier molecular flexibility index (Phi) is 5.11. The second kappa shape index (κ2) is 6.90. The van der Waals surface area contributed by atoms with E-state index < -0.39 is 0 Å². The van der Waals surface area contributed by atoms with Gasteiger partial charge in [0.05, 0.1) is 0 Å². The Labute approximate surface area is 136 Å². The molecule has 1 aliphatic carbocycles. The third kappa shape index (κ3) is 3.84. The predicted molar refractivity (Wildman–Crippen MR) is 90.7 cm³/mol. The van der Waals surface area contributed by atoms with Gasteiger partial charge in [-0.3, -0.25) is 4.79 Å². The molecule has 3 aliphatic rings. The second-order valence-corrected chi connectivity index (χ2v) is 8.43. The lowest BCUT2D eigenvalue weighted by Crippen LogP contribution is -2.45. The lowest BCUT2D eigenvalue weighted by atomic mass is 9.66. The fourth-order valence-corrected chi connectivity index (χ4v) is 4.88. The molecule has 0 unspecified atom stereocenters. The first kappa shape index (κ1) is 16.3. The molecule has 2 aliphatic heterocycles. The van der Waals surface area contributed by atoms with Gasteiger partial charge in [0.2, 0.25) is 5.91 Å². The molecule has 0 aromatic heterocycles. The van der Waals surface area contributed by atoms with Crippen molar-refractivity contribution >= 4 is 5.91 Å². The molecule has 3 heteroatoms. The standard InChI is InChI=1S/C19H34N2O/c1-16-3-7-19(8-4-16)9-13-20(14-10-19)15-18-5-11-21(12-6-18)17(2)22/h16,18H,3-15H2,1-2H3. The number of amides is 1. The molecule has 0 bridgehead atoms. The van der Waals surface area contributed by atoms with Crippen molar-refractivity contribution < 1.29 is 4.79 Å². The highest BCUT2D eigenvalue weighted by Gasteiger charge is 2.37. The van der Waals surface area contributed by atoms with Crippen molar-refractivity contribution in [3.05, 3.63) is 0 Å². The Morgan fingerprint density at radius 2 is 1.55 bits per heavy atom. The van der Waals surface area contributed by atoms with Crippen LogP contribution in [0.5, 0.6) is 0 Å². The van der Waals surface area contributed by atoms with Crippen LogP contribution in [0.4, 0.5) is 0 Å². The third-order valence-corrected chi connectivity index (χ3v) is 6.83. The first-order valence-corrected chi connectivity index (χ1v) is 9.54. The minimum atomic E-state index is 0.255. The van der Waals surface area contributed by atoms with Gasteiger partial charge in [0.25, 0.3) is 0 Å². The lowest BCUT2D eigenvalue weighted by molar-refractivity contribution is -0.130. The number of carbonyl (C=O) groups excluding carboxylic acids is 1. The summed E-state index contributed by atoms with van der Waals surface area (Å²) in [5.41, 5.74) is 0.709. The molecule has 126 valence electrons. The Bertz CT molecular complexity index is 369. The summed E-state index contributed by atoms with van der Waals surface area (Å²) in [5, 5.41) is 0. The molecular formula is C19H34N2O. The van der Waals surface area contributed by atoms with Gasteiger partial charge in [0.1, 0.15) is 0 Å². The van der Waals surface area contributed by atoms with Gasteiger partial charge in [-0.2, -0.15) is 0 Å². The van der Waals surface area contributed by atoms with Crippen LogP contribution in [0.3, 0.4) is 0 Å². The van der Waals surface area contributed by atoms with E-state index in [1.54, 1.807) is 6.92 Å². The molecule has 0 atom stereocenters. The van der Waals surface area contributed by atoms with Gasteiger partial charge in [-0.1, -0.05) is 19.8 Å². The van der Waals surface area contributed by atoms with E-state index in [1.165, 1.54) is 71.0 Å². The molecular weight excluding hydrogens is 272 g/mol. The van der Waals surface area contributed by atoms with E-state index >= 15 is 0 Å². The van der Waals surface area contributed by atoms with Gasteiger partial charge >= 0.3 is 0 Å². The first-order valence-electron chi connectivity index (χ1n) is 9.54. The van der Waals surface area contributed by atoms with Crippen LogP contribution >= 0.6 is 0 Å². The molecule has 2 heterocycles. The van der Waals surface area contributed by atoms with Crippen LogP contribution in [0.15, 0.2) is 0 Å². The summed E-state index contributed by atoms with van der Waals surface area (Å²) < 4.78 is 0. The first-order chi connectivity index (χ1) is 10.6. The molecule has 2 saturated heterocycles. The highest BCUT2D eigenvalue weighted by molar-refractivity contribution is 5.73. The Morgan fingerprint density at radius 1 is 0.955 bits per heavy atom. The lowest BCUT2D eigenvalue weighted by Gasteiger charge is -2.46. The molecule has 1 amide bonds. The van der Waals surface area contributed by atoms with Crippen molar-refractivity contribution in [3.8, 4) is 0 Å². The van der Waals surface area contributed by atoms with Crippen LogP contribution in [0.2, 0.25) is 0 Å². The van der Waals surface area contributed by atoms with E-state index in [0.29, 0.717) is 5.41 Å². The summed E-state index contributed by atoms with van der Waals surface area (Å²) in [5.74, 6) is 2.04. The average molecular weight is 306 g/mol. The largest absolute Gasteiger partial charge is 0.343 e. The number of hydrogen-bond acceptors (Lipinski definition) is 2. The maximum atomic E-state index is 11.4. The summed E-state index contributed by atoms with van der Waals surface area (Å²) in [6.07, 6.45) is 11.2. The molecule has 0 aromatic rings. The van der Waals surface area contributed by atoms with E-state index in [9.17, 15) is 4.79 Å². The molecule has 0 radical (unpaired) electrons. The third-order valence-electron chi connectivity index (χ3n) is 6.83. The van der Waals surface area contributed by atoms with Gasteiger partial charge < -0.3 is 9.80 Å². The highest BCUT2D eigenvalue weighted by atomic mass is 16.2. The van der Waals surface area contributed by atoms with Crippen LogP contribution in [-0.4, -0.2) is 48.4 Å². The summed E-state index contributed by atoms with van der Waals surface area (Å²) in [6, 6.07) is 0. The SMILES string of the molecule is CC(=O)N1CCC(CN2CCC3(CCC(C)CC3)CC2)CC1. The van der Waals surface area contributed by atoms with E-state index in [4.69, 9.17) is 0 Å². The topological polar surface area (TPSA) is 23.6 Å². The molecule has 3 fully saturated rings. The normalized spacial score (nSPS) is 28.2. The fourth-order valence-electron chi connectivity index (χ4n) is 4.88. The summed E-state index contributed by atoms with van der Waals surface area (Å²) in [6.45, 7) is 10.0. The average Bonchev–Trinajstić information content (AvgIpc) is 2.53. The van der Waals surface area contributed by atoms with E-state index in [0.717, 1.165) is 24.9 Å². The van der Waals surface area contributed by atoms with Gasteiger partial charge in [-0.05, 0) is 68.9 Å². The molecule has 0 N–H and O–H groups in total. The number of hydrogen-bond donors (Lipinski definition) is 0. The Balaban J connectivity index is 1.40. The van der Waals surface area contributed by atoms with Crippen molar-refractivity contribution in [1.82, 2.24) is 9.80 Å². The minimum Gasteiger partial charge on any atom is -0.343 e. The van der Waals surface area contributed by atoms with Gasteiger partial charge in [0.15, 0.2) is 0 Å². The van der Waals surface area contributed by atoms with E-state index in [1.807, 2.05) is 4.90 Å². The molecule has 0 aromatic carbocycles. The monoisotopic (exact) mass is 306 g/mol. The number of nitrogens with zero attached hydrogens (tertiary/aromatic N) is 2. The second-order valence-electron chi connectivity index (χ2n) is 8.43. The zero-order valence-corrected chi connectivity index (χ0v) is 14.6. The van der Waals surface area contributed by atoms with Gasteiger partial charge in [-0.15, -0.1) is 0 Å². The smallest absolute Gasteiger partial charge is 0.219 e. The quantitative estimate of drug-likeness (QED) is 0.779. The summed E-state index contributed by atoms with van der Waals surface area (Å²) >= 11 is 0. The van der Waals surface area contributed by atoms with Gasteiger partial charge in [0, 0.05) is 26.6 Å². The maximum absolute atomic E-state index is 11.4. The summed E-state index contributed by atoms with van der Waals surface area (Å²) in [7, 11) is 0. The van der Waals surface area contributed by atoms with Crippen LogP contribution in [0, 0.1) is 17.3 Å². The number of carbonyl (C=O) groups is 1. The molecule has 3 nitrogen and oxygen atoms in total. The van der Waals surface area contributed by atoms with Crippen molar-refractivity contribution in [2.45, 2.75) is 65.2 Å². The molecule has 1 spiro atoms. The number of piperidine rings is 2. The van der Waals surface area contributed by atoms with E-state index in [-0.39, 0.29) is 5.91 Å². The molecule has 1 saturated carbocycles. The van der Waals surface area contributed by atoms with Crippen molar-refractivity contribution in [2.24, 2.45) is 17.3 Å². The van der Waals surface area contributed by atoms with Crippen molar-refractivity contribution in [1.29, 1.82) is 0 Å². The van der Waals surface area contributed by atoms with Gasteiger partial charge in [-0.25, -0.2) is 0 Å². The summed E-state index contributed by atoms with van der Waals surface area (Å²) in [4.78, 5) is 16.1. The van der Waals surface area contributed by atoms with Crippen LogP contribution in [-0.2, 0) is 4.79 Å². The van der Waals surface area contributed by atoms with Crippen LogP contribution in [0.1, 0.15) is 65.2 Å². The molecule has 3 rings (SSSR count). The highest BCUT2D eigenvalue weighted by Crippen LogP contribution is 2.46. The predicted octanol–water partition coefficient (Wildman–Crippen LogP) is 3.54. The molecule has 22 heavy (non-hydrogen) atoms. The fraction of sp³-hybridized carbons (Fsp3) is 0.947. The Morgan fingerprint density at radius 3 is 2.09 bits per heavy atom. The van der Waals surface area contributed by atoms with Crippen molar-refractivity contribution in [2.75, 3.05) is 32.7 Å². The zero-order valence-electron chi connectivity index (χ0n) is 14.6. The minimum absolute atomic E-state index is 0.255. The van der Waals surface area contributed by atoms with Crippen LogP contribution < -0.4 is 0 Å².